The molecule has 0 aliphatic heterocycles. The first-order valence-corrected chi connectivity index (χ1v) is 6.18. The van der Waals surface area contributed by atoms with E-state index in [4.69, 9.17) is 5.11 Å². The minimum absolute atomic E-state index is 0.0783. The number of aliphatic hydroxyl groups is 1. The number of rotatable bonds is 5. The molecule has 1 aromatic rings. The van der Waals surface area contributed by atoms with Crippen molar-refractivity contribution in [1.29, 1.82) is 0 Å². The topological polar surface area (TPSA) is 61.4 Å². The number of hydrogen-bond acceptors (Lipinski definition) is 2. The van der Waals surface area contributed by atoms with Gasteiger partial charge in [-0.1, -0.05) is 13.8 Å². The van der Waals surface area contributed by atoms with E-state index in [-0.39, 0.29) is 24.3 Å². The van der Waals surface area contributed by atoms with Crippen molar-refractivity contribution in [3.63, 3.8) is 0 Å². The third-order valence-electron chi connectivity index (χ3n) is 2.80. The number of benzene rings is 1. The van der Waals surface area contributed by atoms with E-state index in [0.717, 1.165) is 0 Å². The molecule has 112 valence electrons. The Labute approximate surface area is 115 Å². The molecule has 1 unspecified atom stereocenters. The molecular formula is C13H17F3N2O2. The molecule has 0 spiro atoms. The van der Waals surface area contributed by atoms with Gasteiger partial charge in [0.05, 0.1) is 0 Å². The lowest BCUT2D eigenvalue weighted by Crippen LogP contribution is -2.41. The molecule has 1 aromatic carbocycles. The smallest absolute Gasteiger partial charge is 0.319 e. The Hall–Kier alpha value is -1.76. The standard InChI is InChI=1S/C13H17F3N2O2/c1-7(2)11(3-4-19)18-13(20)17-8-5-9(14)12(16)10(15)6-8/h5-7,11,19H,3-4H2,1-2H3,(H2,17,18,20). The predicted molar refractivity (Wildman–Crippen MR) is 68.8 cm³/mol. The van der Waals surface area contributed by atoms with Gasteiger partial charge in [-0.3, -0.25) is 0 Å². The Morgan fingerprint density at radius 3 is 2.25 bits per heavy atom. The summed E-state index contributed by atoms with van der Waals surface area (Å²) in [6.07, 6.45) is 0.358. The van der Waals surface area contributed by atoms with Gasteiger partial charge in [0.2, 0.25) is 0 Å². The van der Waals surface area contributed by atoms with Crippen molar-refractivity contribution in [2.75, 3.05) is 11.9 Å². The van der Waals surface area contributed by atoms with E-state index >= 15 is 0 Å². The summed E-state index contributed by atoms with van der Waals surface area (Å²) in [6.45, 7) is 3.62. The van der Waals surface area contributed by atoms with Crippen LogP contribution in [0.5, 0.6) is 0 Å². The van der Waals surface area contributed by atoms with Crippen molar-refractivity contribution in [3.8, 4) is 0 Å². The van der Waals surface area contributed by atoms with Crippen molar-refractivity contribution in [3.05, 3.63) is 29.6 Å². The molecule has 4 nitrogen and oxygen atoms in total. The summed E-state index contributed by atoms with van der Waals surface area (Å²) < 4.78 is 38.7. The minimum atomic E-state index is -1.59. The lowest BCUT2D eigenvalue weighted by atomic mass is 10.0. The molecule has 2 amide bonds. The fraction of sp³-hybridized carbons (Fsp3) is 0.462. The highest BCUT2D eigenvalue weighted by molar-refractivity contribution is 5.89. The van der Waals surface area contributed by atoms with Gasteiger partial charge in [-0.05, 0) is 12.3 Å². The van der Waals surface area contributed by atoms with Crippen molar-refractivity contribution in [1.82, 2.24) is 5.32 Å². The van der Waals surface area contributed by atoms with Crippen molar-refractivity contribution in [2.24, 2.45) is 5.92 Å². The molecule has 7 heteroatoms. The number of anilines is 1. The van der Waals surface area contributed by atoms with Gasteiger partial charge in [0, 0.05) is 30.5 Å². The van der Waals surface area contributed by atoms with Crippen LogP contribution in [0, 0.1) is 23.4 Å². The summed E-state index contributed by atoms with van der Waals surface area (Å²) >= 11 is 0. The van der Waals surface area contributed by atoms with Gasteiger partial charge in [-0.15, -0.1) is 0 Å². The van der Waals surface area contributed by atoms with Crippen LogP contribution >= 0.6 is 0 Å². The third kappa shape index (κ3) is 4.41. The van der Waals surface area contributed by atoms with Crippen LogP contribution in [-0.4, -0.2) is 23.8 Å². The molecule has 1 atom stereocenters. The van der Waals surface area contributed by atoms with Crippen LogP contribution in [-0.2, 0) is 0 Å². The second-order valence-electron chi connectivity index (χ2n) is 4.72. The maximum atomic E-state index is 13.0. The van der Waals surface area contributed by atoms with E-state index < -0.39 is 23.5 Å². The fourth-order valence-electron chi connectivity index (χ4n) is 1.67. The Morgan fingerprint density at radius 2 is 1.80 bits per heavy atom. The van der Waals surface area contributed by atoms with Gasteiger partial charge in [-0.2, -0.15) is 0 Å². The van der Waals surface area contributed by atoms with Crippen LogP contribution in [0.3, 0.4) is 0 Å². The monoisotopic (exact) mass is 290 g/mol. The summed E-state index contributed by atoms with van der Waals surface area (Å²) in [7, 11) is 0. The van der Waals surface area contributed by atoms with E-state index in [9.17, 15) is 18.0 Å². The number of urea groups is 1. The quantitative estimate of drug-likeness (QED) is 0.730. The first-order chi connectivity index (χ1) is 9.35. The molecule has 0 aliphatic rings. The lowest BCUT2D eigenvalue weighted by molar-refractivity contribution is 0.227. The van der Waals surface area contributed by atoms with E-state index in [1.807, 2.05) is 13.8 Å². The molecule has 1 rings (SSSR count). The normalized spacial score (nSPS) is 12.3. The van der Waals surface area contributed by atoms with Crippen LogP contribution in [0.25, 0.3) is 0 Å². The molecule has 3 N–H and O–H groups in total. The van der Waals surface area contributed by atoms with Crippen LogP contribution in [0.4, 0.5) is 23.7 Å². The average Bonchev–Trinajstić information content (AvgIpc) is 2.35. The average molecular weight is 290 g/mol. The maximum Gasteiger partial charge on any atom is 0.319 e. The zero-order valence-corrected chi connectivity index (χ0v) is 11.2. The second-order valence-corrected chi connectivity index (χ2v) is 4.72. The van der Waals surface area contributed by atoms with E-state index in [0.29, 0.717) is 18.6 Å². The van der Waals surface area contributed by atoms with Gasteiger partial charge in [0.15, 0.2) is 17.5 Å². The minimum Gasteiger partial charge on any atom is -0.396 e. The molecule has 0 aromatic heterocycles. The second kappa shape index (κ2) is 7.14. The van der Waals surface area contributed by atoms with E-state index in [1.165, 1.54) is 0 Å². The van der Waals surface area contributed by atoms with Crippen LogP contribution in [0.1, 0.15) is 20.3 Å². The molecule has 0 aliphatic carbocycles. The summed E-state index contributed by atoms with van der Waals surface area (Å²) in [5.74, 6) is -4.27. The lowest BCUT2D eigenvalue weighted by Gasteiger charge is -2.21. The highest BCUT2D eigenvalue weighted by Gasteiger charge is 2.17. The number of amides is 2. The van der Waals surface area contributed by atoms with E-state index in [1.54, 1.807) is 0 Å². The molecule has 0 heterocycles. The van der Waals surface area contributed by atoms with E-state index in [2.05, 4.69) is 10.6 Å². The Morgan fingerprint density at radius 1 is 1.25 bits per heavy atom. The first kappa shape index (κ1) is 16.3. The van der Waals surface area contributed by atoms with Gasteiger partial charge < -0.3 is 15.7 Å². The molecule has 0 bridgehead atoms. The summed E-state index contributed by atoms with van der Waals surface area (Å²) in [5, 5.41) is 13.7. The van der Waals surface area contributed by atoms with Crippen molar-refractivity contribution in [2.45, 2.75) is 26.3 Å². The number of hydrogen-bond donors (Lipinski definition) is 3. The summed E-state index contributed by atoms with van der Waals surface area (Å²) in [4.78, 5) is 11.7. The molecule has 0 fully saturated rings. The largest absolute Gasteiger partial charge is 0.396 e. The molecule has 0 saturated heterocycles. The molecular weight excluding hydrogens is 273 g/mol. The molecule has 20 heavy (non-hydrogen) atoms. The van der Waals surface area contributed by atoms with Crippen LogP contribution in [0.2, 0.25) is 0 Å². The SMILES string of the molecule is CC(C)C(CCO)NC(=O)Nc1cc(F)c(F)c(F)c1. The maximum absolute atomic E-state index is 13.0. The fourth-order valence-corrected chi connectivity index (χ4v) is 1.67. The third-order valence-corrected chi connectivity index (χ3v) is 2.80. The first-order valence-electron chi connectivity index (χ1n) is 6.18. The van der Waals surface area contributed by atoms with Crippen LogP contribution < -0.4 is 10.6 Å². The Bertz CT molecular complexity index is 458. The summed E-state index contributed by atoms with van der Waals surface area (Å²) in [5.41, 5.74) is -0.189. The van der Waals surface area contributed by atoms with Crippen molar-refractivity contribution < 1.29 is 23.1 Å². The predicted octanol–water partition coefficient (Wildman–Crippen LogP) is 2.63. The van der Waals surface area contributed by atoms with Gasteiger partial charge in [0.25, 0.3) is 0 Å². The number of halogens is 3. The zero-order chi connectivity index (χ0) is 15.3. The molecule has 0 saturated carbocycles. The van der Waals surface area contributed by atoms with Crippen molar-refractivity contribution >= 4 is 11.7 Å². The number of nitrogens with one attached hydrogen (secondary N) is 2. The highest BCUT2D eigenvalue weighted by atomic mass is 19.2. The highest BCUT2D eigenvalue weighted by Crippen LogP contribution is 2.17. The Balaban J connectivity index is 2.71. The Kier molecular flexibility index (Phi) is 5.82. The van der Waals surface area contributed by atoms with Gasteiger partial charge in [0.1, 0.15) is 0 Å². The van der Waals surface area contributed by atoms with Gasteiger partial charge in [-0.25, -0.2) is 18.0 Å². The number of carbonyl (C=O) groups excluding carboxylic acids is 1. The number of aliphatic hydroxyl groups excluding tert-OH is 1. The van der Waals surface area contributed by atoms with Gasteiger partial charge >= 0.3 is 6.03 Å². The molecule has 0 radical (unpaired) electrons. The zero-order valence-electron chi connectivity index (χ0n) is 11.2. The van der Waals surface area contributed by atoms with Crippen LogP contribution in [0.15, 0.2) is 12.1 Å². The number of carbonyl (C=O) groups is 1. The summed E-state index contributed by atoms with van der Waals surface area (Å²) in [6, 6.07) is 0.417.